The van der Waals surface area contributed by atoms with Crippen molar-refractivity contribution in [2.45, 2.75) is 0 Å². The smallest absolute Gasteiger partial charge is 0.211 e. The highest BCUT2D eigenvalue weighted by Gasteiger charge is 2.09. The Balaban J connectivity index is 2.00. The third-order valence-electron chi connectivity index (χ3n) is 2.76. The molecular weight excluding hydrogens is 228 g/mol. The molecule has 18 heavy (non-hydrogen) atoms. The number of anilines is 1. The van der Waals surface area contributed by atoms with Crippen molar-refractivity contribution < 1.29 is 0 Å². The van der Waals surface area contributed by atoms with Crippen molar-refractivity contribution in [3.63, 3.8) is 0 Å². The molecule has 1 aliphatic rings. The molecular formula is C12H18N6. The normalized spacial score (nSPS) is 15.9. The molecule has 0 unspecified atom stereocenters. The van der Waals surface area contributed by atoms with Crippen LogP contribution in [-0.2, 0) is 0 Å². The molecule has 2 rings (SSSR count). The summed E-state index contributed by atoms with van der Waals surface area (Å²) < 4.78 is 0. The molecule has 1 aliphatic heterocycles. The van der Waals surface area contributed by atoms with Crippen molar-refractivity contribution >= 4 is 17.9 Å². The summed E-state index contributed by atoms with van der Waals surface area (Å²) in [7, 11) is 0. The van der Waals surface area contributed by atoms with E-state index in [-0.39, 0.29) is 5.96 Å². The molecule has 0 radical (unpaired) electrons. The van der Waals surface area contributed by atoms with E-state index in [0.717, 1.165) is 31.7 Å². The maximum Gasteiger partial charge on any atom is 0.211 e. The second-order valence-electron chi connectivity index (χ2n) is 4.10. The largest absolute Gasteiger partial charge is 0.369 e. The molecule has 0 saturated carbocycles. The first-order valence-electron chi connectivity index (χ1n) is 5.93. The topological polar surface area (TPSA) is 92.0 Å². The van der Waals surface area contributed by atoms with Gasteiger partial charge in [0, 0.05) is 31.9 Å². The summed E-state index contributed by atoms with van der Waals surface area (Å²) in [5.41, 5.74) is 12.6. The van der Waals surface area contributed by atoms with E-state index in [2.05, 4.69) is 32.6 Å². The summed E-state index contributed by atoms with van der Waals surface area (Å²) >= 11 is 0. The fourth-order valence-electron chi connectivity index (χ4n) is 1.86. The van der Waals surface area contributed by atoms with Gasteiger partial charge in [-0.2, -0.15) is 5.10 Å². The SMILES string of the molecule is NC(N)=NN=Cc1ccc(N2CCNCC2)cc1. The lowest BCUT2D eigenvalue weighted by atomic mass is 10.2. The number of benzene rings is 1. The van der Waals surface area contributed by atoms with Crippen LogP contribution >= 0.6 is 0 Å². The fraction of sp³-hybridized carbons (Fsp3) is 0.333. The number of hydrogen-bond acceptors (Lipinski definition) is 4. The monoisotopic (exact) mass is 246 g/mol. The minimum Gasteiger partial charge on any atom is -0.369 e. The molecule has 0 aromatic heterocycles. The summed E-state index contributed by atoms with van der Waals surface area (Å²) in [5, 5.41) is 10.7. The van der Waals surface area contributed by atoms with Crippen molar-refractivity contribution in [2.75, 3.05) is 31.1 Å². The standard InChI is InChI=1S/C12H18N6/c13-12(14)17-16-9-10-1-3-11(4-2-10)18-7-5-15-6-8-18/h1-4,9,15H,5-8H2,(H4,13,14,17). The van der Waals surface area contributed by atoms with Gasteiger partial charge in [0.15, 0.2) is 0 Å². The predicted octanol–water partition coefficient (Wildman–Crippen LogP) is -0.296. The highest BCUT2D eigenvalue weighted by atomic mass is 15.3. The molecule has 6 heteroatoms. The lowest BCUT2D eigenvalue weighted by Crippen LogP contribution is -2.43. The van der Waals surface area contributed by atoms with E-state index in [1.165, 1.54) is 5.69 Å². The van der Waals surface area contributed by atoms with Gasteiger partial charge < -0.3 is 21.7 Å². The third-order valence-corrected chi connectivity index (χ3v) is 2.76. The number of hydrogen-bond donors (Lipinski definition) is 3. The van der Waals surface area contributed by atoms with Crippen molar-refractivity contribution in [3.05, 3.63) is 29.8 Å². The number of piperazine rings is 1. The molecule has 6 nitrogen and oxygen atoms in total. The van der Waals surface area contributed by atoms with Gasteiger partial charge in [-0.05, 0) is 17.7 Å². The molecule has 0 spiro atoms. The van der Waals surface area contributed by atoms with Gasteiger partial charge in [0.2, 0.25) is 5.96 Å². The zero-order valence-corrected chi connectivity index (χ0v) is 10.2. The average molecular weight is 246 g/mol. The van der Waals surface area contributed by atoms with Gasteiger partial charge in [0.1, 0.15) is 0 Å². The Morgan fingerprint density at radius 3 is 2.44 bits per heavy atom. The Morgan fingerprint density at radius 1 is 1.17 bits per heavy atom. The second kappa shape index (κ2) is 6.02. The van der Waals surface area contributed by atoms with Gasteiger partial charge in [0.25, 0.3) is 0 Å². The molecule has 0 atom stereocenters. The first-order valence-corrected chi connectivity index (χ1v) is 5.93. The summed E-state index contributed by atoms with van der Waals surface area (Å²) in [6.45, 7) is 4.16. The first kappa shape index (κ1) is 12.4. The second-order valence-corrected chi connectivity index (χ2v) is 4.10. The molecule has 1 aromatic rings. The number of rotatable bonds is 3. The molecule has 0 amide bonds. The van der Waals surface area contributed by atoms with E-state index in [0.29, 0.717) is 0 Å². The van der Waals surface area contributed by atoms with Gasteiger partial charge in [0.05, 0.1) is 6.21 Å². The molecule has 1 aromatic carbocycles. The van der Waals surface area contributed by atoms with Crippen LogP contribution in [0.4, 0.5) is 5.69 Å². The van der Waals surface area contributed by atoms with Crippen LogP contribution < -0.4 is 21.7 Å². The van der Waals surface area contributed by atoms with Crippen LogP contribution in [-0.4, -0.2) is 38.4 Å². The van der Waals surface area contributed by atoms with Crippen molar-refractivity contribution in [3.8, 4) is 0 Å². The Bertz CT molecular complexity index is 426. The number of nitrogens with two attached hydrogens (primary N) is 2. The lowest BCUT2D eigenvalue weighted by molar-refractivity contribution is 0.589. The average Bonchev–Trinajstić information content (AvgIpc) is 2.40. The van der Waals surface area contributed by atoms with Gasteiger partial charge in [-0.25, -0.2) is 0 Å². The molecule has 1 saturated heterocycles. The van der Waals surface area contributed by atoms with Crippen molar-refractivity contribution in [2.24, 2.45) is 21.7 Å². The lowest BCUT2D eigenvalue weighted by Gasteiger charge is -2.29. The van der Waals surface area contributed by atoms with Crippen LogP contribution in [0.5, 0.6) is 0 Å². The van der Waals surface area contributed by atoms with Crippen LogP contribution in [0.1, 0.15) is 5.56 Å². The van der Waals surface area contributed by atoms with Gasteiger partial charge in [-0.3, -0.25) is 0 Å². The van der Waals surface area contributed by atoms with Crippen molar-refractivity contribution in [1.82, 2.24) is 5.32 Å². The van der Waals surface area contributed by atoms with Crippen LogP contribution in [0, 0.1) is 0 Å². The van der Waals surface area contributed by atoms with Gasteiger partial charge >= 0.3 is 0 Å². The molecule has 1 heterocycles. The van der Waals surface area contributed by atoms with E-state index in [4.69, 9.17) is 11.5 Å². The van der Waals surface area contributed by atoms with E-state index in [1.807, 2.05) is 12.1 Å². The quantitative estimate of drug-likeness (QED) is 0.388. The molecule has 0 bridgehead atoms. The van der Waals surface area contributed by atoms with Gasteiger partial charge in [-0.15, -0.1) is 5.10 Å². The van der Waals surface area contributed by atoms with Gasteiger partial charge in [-0.1, -0.05) is 12.1 Å². The zero-order chi connectivity index (χ0) is 12.8. The predicted molar refractivity (Wildman–Crippen MR) is 74.9 cm³/mol. The molecule has 96 valence electrons. The van der Waals surface area contributed by atoms with E-state index in [1.54, 1.807) is 6.21 Å². The first-order chi connectivity index (χ1) is 8.75. The number of nitrogens with zero attached hydrogens (tertiary/aromatic N) is 3. The number of nitrogens with one attached hydrogen (secondary N) is 1. The molecule has 5 N–H and O–H groups in total. The van der Waals surface area contributed by atoms with Crippen LogP contribution in [0.25, 0.3) is 0 Å². The Labute approximate surface area is 106 Å². The number of guanidine groups is 1. The summed E-state index contributed by atoms with van der Waals surface area (Å²) in [6.07, 6.45) is 1.63. The van der Waals surface area contributed by atoms with Crippen LogP contribution in [0.3, 0.4) is 0 Å². The maximum atomic E-state index is 5.18. The molecule has 0 aliphatic carbocycles. The third kappa shape index (κ3) is 3.46. The van der Waals surface area contributed by atoms with Crippen molar-refractivity contribution in [1.29, 1.82) is 0 Å². The fourth-order valence-corrected chi connectivity index (χ4v) is 1.86. The Kier molecular flexibility index (Phi) is 4.14. The summed E-state index contributed by atoms with van der Waals surface area (Å²) in [4.78, 5) is 2.35. The summed E-state index contributed by atoms with van der Waals surface area (Å²) in [6, 6.07) is 8.18. The van der Waals surface area contributed by atoms with Crippen LogP contribution in [0.15, 0.2) is 34.5 Å². The minimum atomic E-state index is -0.0383. The van der Waals surface area contributed by atoms with E-state index in [9.17, 15) is 0 Å². The molecule has 1 fully saturated rings. The highest BCUT2D eigenvalue weighted by molar-refractivity contribution is 5.82. The highest BCUT2D eigenvalue weighted by Crippen LogP contribution is 2.14. The Hall–Kier alpha value is -2.08. The van der Waals surface area contributed by atoms with E-state index >= 15 is 0 Å². The zero-order valence-electron chi connectivity index (χ0n) is 10.2. The Morgan fingerprint density at radius 2 is 1.83 bits per heavy atom. The van der Waals surface area contributed by atoms with E-state index < -0.39 is 0 Å². The summed E-state index contributed by atoms with van der Waals surface area (Å²) in [5.74, 6) is -0.0383. The van der Waals surface area contributed by atoms with Crippen LogP contribution in [0.2, 0.25) is 0 Å². The minimum absolute atomic E-state index is 0.0383. The maximum absolute atomic E-state index is 5.18.